The lowest BCUT2D eigenvalue weighted by Gasteiger charge is -2.17. The van der Waals surface area contributed by atoms with Crippen molar-refractivity contribution in [3.05, 3.63) is 78.8 Å². The van der Waals surface area contributed by atoms with E-state index in [4.69, 9.17) is 9.05 Å². The molecule has 0 aliphatic carbocycles. The molecule has 0 unspecified atom stereocenters. The second kappa shape index (κ2) is 8.74. The number of fused-ring (bicyclic) bond motifs is 1. The van der Waals surface area contributed by atoms with Crippen LogP contribution in [0.3, 0.4) is 0 Å². The lowest BCUT2D eigenvalue weighted by Crippen LogP contribution is -2.36. The van der Waals surface area contributed by atoms with E-state index in [0.717, 1.165) is 0 Å². The summed E-state index contributed by atoms with van der Waals surface area (Å²) in [7, 11) is -3.45. The Kier molecular flexibility index (Phi) is 6.31. The van der Waals surface area contributed by atoms with E-state index < -0.39 is 23.6 Å². The molecular formula is C19H20N3O7P. The topological polar surface area (TPSA) is 134 Å². The molecule has 0 atom stereocenters. The highest BCUT2D eigenvalue weighted by atomic mass is 31.2. The second-order valence-electron chi connectivity index (χ2n) is 6.30. The van der Waals surface area contributed by atoms with E-state index in [0.29, 0.717) is 16.4 Å². The molecule has 10 nitrogen and oxygen atoms in total. The number of nitrogens with one attached hydrogen (secondary N) is 1. The van der Waals surface area contributed by atoms with Gasteiger partial charge in [0.15, 0.2) is 0 Å². The van der Waals surface area contributed by atoms with Gasteiger partial charge in [-0.05, 0) is 37.6 Å². The van der Waals surface area contributed by atoms with Gasteiger partial charge in [-0.15, -0.1) is 0 Å². The normalized spacial score (nSPS) is 11.7. The quantitative estimate of drug-likeness (QED) is 0.250. The Morgan fingerprint density at radius 2 is 1.70 bits per heavy atom. The fraction of sp³-hybridized carbons (Fsp3) is 0.263. The van der Waals surface area contributed by atoms with Gasteiger partial charge in [0.25, 0.3) is 5.69 Å². The molecule has 0 radical (unpaired) electrons. The van der Waals surface area contributed by atoms with Gasteiger partial charge in [-0.25, -0.2) is 0 Å². The van der Waals surface area contributed by atoms with Crippen LogP contribution in [0.4, 0.5) is 5.69 Å². The highest BCUT2D eigenvalue weighted by Gasteiger charge is 2.26. The van der Waals surface area contributed by atoms with Crippen LogP contribution in [-0.4, -0.2) is 27.7 Å². The first-order chi connectivity index (χ1) is 14.3. The van der Waals surface area contributed by atoms with E-state index in [2.05, 4.69) is 4.98 Å². The zero-order valence-electron chi connectivity index (χ0n) is 16.4. The zero-order valence-corrected chi connectivity index (χ0v) is 17.3. The molecule has 1 heterocycles. The largest absolute Gasteiger partial charge is 0.361 e. The molecular weight excluding hydrogens is 413 g/mol. The van der Waals surface area contributed by atoms with E-state index in [1.54, 1.807) is 38.1 Å². The fourth-order valence-corrected chi connectivity index (χ4v) is 4.59. The predicted molar refractivity (Wildman–Crippen MR) is 112 cm³/mol. The summed E-state index contributed by atoms with van der Waals surface area (Å²) in [4.78, 5) is 37.4. The maximum atomic E-state index is 12.9. The summed E-state index contributed by atoms with van der Waals surface area (Å²) >= 11 is 0. The minimum atomic E-state index is -3.45. The molecule has 0 aliphatic heterocycles. The molecule has 0 bridgehead atoms. The van der Waals surface area contributed by atoms with Crippen LogP contribution in [0.1, 0.15) is 19.4 Å². The van der Waals surface area contributed by atoms with Gasteiger partial charge in [0.1, 0.15) is 0 Å². The Hall–Kier alpha value is -3.07. The summed E-state index contributed by atoms with van der Waals surface area (Å²) in [5.74, 6) is 0. The molecule has 30 heavy (non-hydrogen) atoms. The molecule has 0 aliphatic rings. The van der Waals surface area contributed by atoms with Crippen molar-refractivity contribution in [3.8, 4) is 0 Å². The van der Waals surface area contributed by atoms with Crippen molar-refractivity contribution in [3.63, 3.8) is 0 Å². The van der Waals surface area contributed by atoms with Crippen LogP contribution in [-0.2, 0) is 20.2 Å². The van der Waals surface area contributed by atoms with Gasteiger partial charge >= 0.3 is 18.7 Å². The Balaban J connectivity index is 2.04. The molecule has 1 aromatic heterocycles. The van der Waals surface area contributed by atoms with E-state index >= 15 is 0 Å². The van der Waals surface area contributed by atoms with Crippen LogP contribution >= 0.6 is 7.60 Å². The molecule has 1 N–H and O–H groups in total. The average molecular weight is 433 g/mol. The summed E-state index contributed by atoms with van der Waals surface area (Å²) in [5.41, 5.74) is -0.705. The van der Waals surface area contributed by atoms with Crippen LogP contribution in [0, 0.1) is 10.1 Å². The minimum absolute atomic E-state index is 0.00568. The van der Waals surface area contributed by atoms with Crippen molar-refractivity contribution in [1.82, 2.24) is 9.55 Å². The third kappa shape index (κ3) is 4.25. The van der Waals surface area contributed by atoms with Crippen molar-refractivity contribution in [2.75, 3.05) is 13.2 Å². The lowest BCUT2D eigenvalue weighted by molar-refractivity contribution is -0.384. The number of H-pyrrole nitrogens is 1. The number of aromatic nitrogens is 2. The summed E-state index contributed by atoms with van der Waals surface area (Å²) in [6.07, 6.45) is 0. The highest BCUT2D eigenvalue weighted by molar-refractivity contribution is 7.62. The first-order valence-corrected chi connectivity index (χ1v) is 10.7. The summed E-state index contributed by atoms with van der Waals surface area (Å²) < 4.78 is 24.6. The van der Waals surface area contributed by atoms with Crippen LogP contribution < -0.4 is 16.4 Å². The minimum Gasteiger partial charge on any atom is -0.316 e. The highest BCUT2D eigenvalue weighted by Crippen LogP contribution is 2.46. The van der Waals surface area contributed by atoms with Gasteiger partial charge in [-0.2, -0.15) is 0 Å². The van der Waals surface area contributed by atoms with Gasteiger partial charge in [0.2, 0.25) is 0 Å². The molecule has 3 aromatic rings. The third-order valence-corrected chi connectivity index (χ3v) is 6.49. The molecule has 0 saturated heterocycles. The predicted octanol–water partition coefficient (Wildman–Crippen LogP) is 2.54. The number of benzene rings is 2. The second-order valence-corrected chi connectivity index (χ2v) is 8.33. The number of nitrogens with zero attached hydrogens (tertiary/aromatic N) is 2. The number of aromatic amines is 1. The average Bonchev–Trinajstić information content (AvgIpc) is 2.72. The number of hydrogen-bond acceptors (Lipinski definition) is 7. The summed E-state index contributed by atoms with van der Waals surface area (Å²) in [6, 6.07) is 10.3. The number of nitro benzene ring substituents is 1. The van der Waals surface area contributed by atoms with Gasteiger partial charge in [-0.3, -0.25) is 28.8 Å². The maximum absolute atomic E-state index is 12.9. The van der Waals surface area contributed by atoms with Gasteiger partial charge < -0.3 is 14.0 Å². The third-order valence-electron chi connectivity index (χ3n) is 4.36. The van der Waals surface area contributed by atoms with E-state index in [1.807, 2.05) is 0 Å². The Bertz CT molecular complexity index is 1240. The van der Waals surface area contributed by atoms with Gasteiger partial charge in [0.05, 0.1) is 41.0 Å². The number of nitro groups is 1. The molecule has 11 heteroatoms. The smallest absolute Gasteiger partial charge is 0.316 e. The number of non-ortho nitro benzene ring substituents is 1. The van der Waals surface area contributed by atoms with Gasteiger partial charge in [0, 0.05) is 12.1 Å². The molecule has 0 amide bonds. The van der Waals surface area contributed by atoms with Crippen LogP contribution in [0.2, 0.25) is 0 Å². The lowest BCUT2D eigenvalue weighted by atomic mass is 10.2. The summed E-state index contributed by atoms with van der Waals surface area (Å²) in [6.45, 7) is 3.85. The molecule has 0 saturated carbocycles. The SMILES string of the molecule is CCOP(=O)(OCC)c1ccc(Cn2c(=O)c(=O)[nH]c3ccc([N+](=O)[O-])cc32)cc1. The van der Waals surface area contributed by atoms with Crippen molar-refractivity contribution >= 4 is 29.6 Å². The van der Waals surface area contributed by atoms with Crippen molar-refractivity contribution in [2.24, 2.45) is 0 Å². The van der Waals surface area contributed by atoms with Gasteiger partial charge in [-0.1, -0.05) is 12.1 Å². The molecule has 158 valence electrons. The van der Waals surface area contributed by atoms with Crippen LogP contribution in [0.15, 0.2) is 52.1 Å². The van der Waals surface area contributed by atoms with E-state index in [-0.39, 0.29) is 31.0 Å². The maximum Gasteiger partial charge on any atom is 0.361 e. The monoisotopic (exact) mass is 433 g/mol. The molecule has 2 aromatic carbocycles. The first kappa shape index (κ1) is 21.6. The number of hydrogen-bond donors (Lipinski definition) is 1. The molecule has 0 spiro atoms. The number of rotatable bonds is 8. The molecule has 0 fully saturated rings. The Morgan fingerprint density at radius 1 is 1.07 bits per heavy atom. The standard InChI is InChI=1S/C19H20N3O7P/c1-3-28-30(27,29-4-2)15-8-5-13(6-9-15)12-21-17-11-14(22(25)26)7-10-16(17)20-18(23)19(21)24/h5-11H,3-4,12H2,1-2H3,(H,20,23). The summed E-state index contributed by atoms with van der Waals surface area (Å²) in [5, 5.41) is 11.5. The van der Waals surface area contributed by atoms with Crippen molar-refractivity contribution < 1.29 is 18.5 Å². The van der Waals surface area contributed by atoms with E-state index in [9.17, 15) is 24.3 Å². The first-order valence-electron chi connectivity index (χ1n) is 9.19. The van der Waals surface area contributed by atoms with E-state index in [1.165, 1.54) is 22.8 Å². The fourth-order valence-electron chi connectivity index (χ4n) is 3.02. The molecule has 3 rings (SSSR count). The van der Waals surface area contributed by atoms with Crippen LogP contribution in [0.5, 0.6) is 0 Å². The van der Waals surface area contributed by atoms with Crippen molar-refractivity contribution in [1.29, 1.82) is 0 Å². The van der Waals surface area contributed by atoms with Crippen LogP contribution in [0.25, 0.3) is 11.0 Å². The zero-order chi connectivity index (χ0) is 21.9. The Morgan fingerprint density at radius 3 is 2.27 bits per heavy atom. The Labute approximate surface area is 170 Å². The van der Waals surface area contributed by atoms with Crippen molar-refractivity contribution in [2.45, 2.75) is 20.4 Å².